The summed E-state index contributed by atoms with van der Waals surface area (Å²) in [7, 11) is -9.65. The Balaban J connectivity index is 0.949. The molecular formula is C56H44N2O13S3. The fraction of sp³-hybridized carbons (Fsp3) is 0.107. The lowest BCUT2D eigenvalue weighted by Gasteiger charge is -2.19. The van der Waals surface area contributed by atoms with Gasteiger partial charge in [0, 0.05) is 88.8 Å². The monoisotopic (exact) mass is 1050 g/mol. The molecule has 15 nitrogen and oxygen atoms in total. The minimum absolute atomic E-state index is 0.0185. The molecule has 0 saturated carbocycles. The fourth-order valence-corrected chi connectivity index (χ4v) is 10.9. The van der Waals surface area contributed by atoms with E-state index in [1.807, 2.05) is 48.5 Å². The van der Waals surface area contributed by atoms with Crippen molar-refractivity contribution in [1.29, 1.82) is 0 Å². The number of hydrogen-bond donors (Lipinski definition) is 9. The van der Waals surface area contributed by atoms with Crippen LogP contribution in [0.2, 0.25) is 0 Å². The largest absolute Gasteiger partial charge is 0.508 e. The molecule has 0 atom stereocenters. The molecule has 9 N–H and O–H groups in total. The van der Waals surface area contributed by atoms with Crippen LogP contribution in [0.25, 0.3) is 44.5 Å². The first-order valence-corrected chi connectivity index (χ1v) is 26.2. The topological polar surface area (TPSA) is 264 Å². The van der Waals surface area contributed by atoms with Crippen LogP contribution in [0.1, 0.15) is 55.6 Å². The number of phenols is 5. The van der Waals surface area contributed by atoms with E-state index in [2.05, 4.69) is 10.6 Å². The highest BCUT2D eigenvalue weighted by Crippen LogP contribution is 2.43. The summed E-state index contributed by atoms with van der Waals surface area (Å²) in [6, 6.07) is 35.3. The number of aromatic hydroxyl groups is 5. The standard InChI is InChI=1S/C56H44N2O13S3/c1-29-14-34-18-38-22-45(73(65,66)67)24-40(54(38)63)20-36-16-33(17-37(53(36)62)21-41-25-46(74(68,69)70)23-39(55(41)64)19-35(15-29)52(34)61)31-4-2-30(3-5-31)28-57-56(72)58-42-8-6-32(7-9-42)51-47-12-10-43(59)26-49(47)71-50-27-44(60)11-13-48(50)51/h2-17,22-27,59,61-64H,18-21,28H2,1H3,(H2,57,58,72)(H,65,66,67)(H,68,69,70). The molecule has 10 rings (SSSR count). The maximum Gasteiger partial charge on any atom is 0.294 e. The van der Waals surface area contributed by atoms with Gasteiger partial charge in [-0.25, -0.2) is 0 Å². The van der Waals surface area contributed by atoms with Gasteiger partial charge in [-0.1, -0.05) is 54.1 Å². The number of nitrogens with one attached hydrogen (secondary N) is 2. The molecule has 0 unspecified atom stereocenters. The molecule has 74 heavy (non-hydrogen) atoms. The summed E-state index contributed by atoms with van der Waals surface area (Å²) in [4.78, 5) is 11.1. The van der Waals surface area contributed by atoms with E-state index in [4.69, 9.17) is 16.6 Å². The third-order valence-electron chi connectivity index (χ3n) is 13.1. The summed E-state index contributed by atoms with van der Waals surface area (Å²) < 4.78 is 77.0. The Kier molecular flexibility index (Phi) is 12.6. The molecule has 7 aromatic rings. The quantitative estimate of drug-likeness (QED) is 0.0408. The maximum absolute atomic E-state index is 12.6. The molecule has 3 aliphatic rings. The van der Waals surface area contributed by atoms with E-state index in [1.54, 1.807) is 49.4 Å². The first kappa shape index (κ1) is 49.3. The molecule has 0 spiro atoms. The minimum Gasteiger partial charge on any atom is -0.508 e. The number of fused-ring (bicyclic) bond motifs is 10. The summed E-state index contributed by atoms with van der Waals surface area (Å²) in [5, 5.41) is 64.6. The van der Waals surface area contributed by atoms with E-state index >= 15 is 0 Å². The fourth-order valence-electron chi connectivity index (χ4n) is 9.58. The second kappa shape index (κ2) is 19.0. The van der Waals surface area contributed by atoms with Crippen LogP contribution in [-0.4, -0.2) is 56.6 Å². The number of thiocarbonyl (C=S) groups is 1. The second-order valence-corrected chi connectivity index (χ2v) is 21.6. The molecule has 0 amide bonds. The van der Waals surface area contributed by atoms with Gasteiger partial charge in [0.2, 0.25) is 0 Å². The Hall–Kier alpha value is -8.26. The number of anilines is 1. The van der Waals surface area contributed by atoms with Crippen LogP contribution >= 0.6 is 12.2 Å². The van der Waals surface area contributed by atoms with Gasteiger partial charge in [-0.05, 0) is 136 Å². The van der Waals surface area contributed by atoms with Gasteiger partial charge >= 0.3 is 0 Å². The molecule has 0 fully saturated rings. The zero-order valence-electron chi connectivity index (χ0n) is 39.0. The van der Waals surface area contributed by atoms with Crippen molar-refractivity contribution in [3.63, 3.8) is 0 Å². The van der Waals surface area contributed by atoms with E-state index in [-0.39, 0.29) is 104 Å². The molecule has 1 heterocycles. The Morgan fingerprint density at radius 2 is 1.03 bits per heavy atom. The van der Waals surface area contributed by atoms with Crippen molar-refractivity contribution in [2.75, 3.05) is 5.32 Å². The molecular weight excluding hydrogens is 1000 g/mol. The number of aryl methyl sites for hydroxylation is 1. The lowest BCUT2D eigenvalue weighted by atomic mass is 9.89. The predicted molar refractivity (Wildman–Crippen MR) is 283 cm³/mol. The average Bonchev–Trinajstić information content (AvgIpc) is 3.34. The minimum atomic E-state index is -4.83. The zero-order valence-corrected chi connectivity index (χ0v) is 41.5. The van der Waals surface area contributed by atoms with Gasteiger partial charge in [0.05, 0.1) is 9.79 Å². The van der Waals surface area contributed by atoms with Gasteiger partial charge in [0.1, 0.15) is 40.1 Å². The maximum atomic E-state index is 12.6. The van der Waals surface area contributed by atoms with Gasteiger partial charge < -0.3 is 40.6 Å². The Morgan fingerprint density at radius 3 is 1.53 bits per heavy atom. The zero-order chi connectivity index (χ0) is 52.4. The van der Waals surface area contributed by atoms with Crippen molar-refractivity contribution in [2.45, 2.75) is 48.9 Å². The van der Waals surface area contributed by atoms with E-state index in [1.165, 1.54) is 18.2 Å². The van der Waals surface area contributed by atoms with Crippen LogP contribution in [0.4, 0.5) is 5.69 Å². The lowest BCUT2D eigenvalue weighted by Crippen LogP contribution is -2.27. The first-order valence-electron chi connectivity index (χ1n) is 22.9. The van der Waals surface area contributed by atoms with Crippen LogP contribution < -0.4 is 16.1 Å². The summed E-state index contributed by atoms with van der Waals surface area (Å²) >= 11 is 5.65. The second-order valence-electron chi connectivity index (χ2n) is 18.3. The van der Waals surface area contributed by atoms with Crippen molar-refractivity contribution in [2.24, 2.45) is 0 Å². The van der Waals surface area contributed by atoms with Gasteiger partial charge in [-0.3, -0.25) is 13.9 Å². The number of hydrogen-bond acceptors (Lipinski definition) is 12. The first-order chi connectivity index (χ1) is 35.1. The van der Waals surface area contributed by atoms with Gasteiger partial charge in [-0.15, -0.1) is 0 Å². The normalized spacial score (nSPS) is 12.7. The van der Waals surface area contributed by atoms with Gasteiger partial charge in [-0.2, -0.15) is 16.8 Å². The number of phenolic OH excluding ortho intramolecular Hbond substituents is 5. The Labute approximate surface area is 429 Å². The van der Waals surface area contributed by atoms with Crippen molar-refractivity contribution >= 4 is 54.2 Å². The van der Waals surface area contributed by atoms with Crippen LogP contribution in [0.3, 0.4) is 0 Å². The van der Waals surface area contributed by atoms with Crippen molar-refractivity contribution in [3.05, 3.63) is 199 Å². The summed E-state index contributed by atoms with van der Waals surface area (Å²) in [6.07, 6.45) is -0.997. The summed E-state index contributed by atoms with van der Waals surface area (Å²) in [5.74, 6) is -0.847. The molecule has 1 aliphatic heterocycles. The third-order valence-corrected chi connectivity index (χ3v) is 15.0. The Bertz CT molecular complexity index is 3910. The molecule has 8 bridgehead atoms. The number of benzene rings is 8. The van der Waals surface area contributed by atoms with Crippen LogP contribution in [-0.2, 0) is 52.5 Å². The van der Waals surface area contributed by atoms with E-state index in [9.17, 15) is 56.3 Å². The van der Waals surface area contributed by atoms with Crippen LogP contribution in [0.5, 0.6) is 28.7 Å². The van der Waals surface area contributed by atoms with Gasteiger partial charge in [0.25, 0.3) is 20.2 Å². The smallest absolute Gasteiger partial charge is 0.294 e. The average molecular weight is 1050 g/mol. The van der Waals surface area contributed by atoms with Crippen molar-refractivity contribution in [1.82, 2.24) is 5.32 Å². The van der Waals surface area contributed by atoms with Crippen LogP contribution in [0, 0.1) is 6.92 Å². The van der Waals surface area contributed by atoms with Crippen LogP contribution in [0.15, 0.2) is 152 Å². The molecule has 0 aromatic heterocycles. The highest BCUT2D eigenvalue weighted by molar-refractivity contribution is 7.86. The van der Waals surface area contributed by atoms with E-state index in [0.29, 0.717) is 45.4 Å². The van der Waals surface area contributed by atoms with E-state index < -0.39 is 30.0 Å². The van der Waals surface area contributed by atoms with Gasteiger partial charge in [0.15, 0.2) is 10.5 Å². The summed E-state index contributed by atoms with van der Waals surface area (Å²) in [6.45, 7) is 2.04. The molecule has 7 aromatic carbocycles. The summed E-state index contributed by atoms with van der Waals surface area (Å²) in [5.41, 5.74) is 6.97. The Morgan fingerprint density at radius 1 is 0.554 bits per heavy atom. The van der Waals surface area contributed by atoms with E-state index in [0.717, 1.165) is 51.9 Å². The SMILES string of the molecule is Cc1cc2c(O)c(c1)Cc1cc(S(=O)(=O)O)cc(c1O)Cc1cc(-c3ccc(CNC(=S)Nc4ccc(-c5c6ccc(=O)cc-6oc6cc(O)ccc56)cc4)cc3)cc(c1O)Cc1cc(S(=O)(=O)O)cc(c1O)C2. The molecule has 2 aliphatic carbocycles. The number of rotatable bonds is 7. The third kappa shape index (κ3) is 9.96. The lowest BCUT2D eigenvalue weighted by molar-refractivity contribution is 0.449. The molecule has 374 valence electrons. The highest BCUT2D eigenvalue weighted by Gasteiger charge is 2.25. The van der Waals surface area contributed by atoms with Crippen molar-refractivity contribution in [3.8, 4) is 62.3 Å². The highest BCUT2D eigenvalue weighted by atomic mass is 32.2. The molecule has 18 heteroatoms. The van der Waals surface area contributed by atoms with Crippen molar-refractivity contribution < 1.29 is 55.9 Å². The molecule has 0 saturated heterocycles. The molecule has 0 radical (unpaired) electrons. The predicted octanol–water partition coefficient (Wildman–Crippen LogP) is 9.72.